The predicted molar refractivity (Wildman–Crippen MR) is 76.2 cm³/mol. The maximum absolute atomic E-state index is 9.31. The Morgan fingerprint density at radius 2 is 1.83 bits per heavy atom. The van der Waals surface area contributed by atoms with Crippen LogP contribution in [0.5, 0.6) is 0 Å². The summed E-state index contributed by atoms with van der Waals surface area (Å²) in [6.07, 6.45) is 2.29. The molecule has 0 saturated carbocycles. The van der Waals surface area contributed by atoms with Crippen LogP contribution in [0.3, 0.4) is 0 Å². The summed E-state index contributed by atoms with van der Waals surface area (Å²) in [5.41, 5.74) is 2.58. The summed E-state index contributed by atoms with van der Waals surface area (Å²) >= 11 is 0. The molecule has 0 heterocycles. The van der Waals surface area contributed by atoms with Crippen molar-refractivity contribution in [3.63, 3.8) is 0 Å². The van der Waals surface area contributed by atoms with E-state index in [4.69, 9.17) is 0 Å². The van der Waals surface area contributed by atoms with Crippen molar-refractivity contribution in [2.75, 3.05) is 7.05 Å². The minimum absolute atomic E-state index is 0.00650. The van der Waals surface area contributed by atoms with Gasteiger partial charge in [0.05, 0.1) is 12.0 Å². The van der Waals surface area contributed by atoms with Crippen molar-refractivity contribution in [3.05, 3.63) is 35.4 Å². The molecule has 18 heavy (non-hydrogen) atoms. The highest BCUT2D eigenvalue weighted by Crippen LogP contribution is 2.27. The van der Waals surface area contributed by atoms with E-state index < -0.39 is 0 Å². The molecule has 0 radical (unpaired) electrons. The van der Waals surface area contributed by atoms with Gasteiger partial charge in [-0.3, -0.25) is 0 Å². The Morgan fingerprint density at radius 3 is 2.22 bits per heavy atom. The predicted octanol–water partition coefficient (Wildman–Crippen LogP) is 3.70. The molecule has 2 heteroatoms. The van der Waals surface area contributed by atoms with Crippen molar-refractivity contribution < 1.29 is 0 Å². The molecule has 2 nitrogen and oxygen atoms in total. The first kappa shape index (κ1) is 14.7. The Bertz CT molecular complexity index is 387. The topological polar surface area (TPSA) is 35.8 Å². The first-order valence-corrected chi connectivity index (χ1v) is 6.79. The van der Waals surface area contributed by atoms with Crippen LogP contribution in [0.15, 0.2) is 24.3 Å². The number of hydrogen-bond donors (Lipinski definition) is 1. The van der Waals surface area contributed by atoms with Crippen LogP contribution < -0.4 is 5.32 Å². The minimum atomic E-state index is 0.00650. The molecular formula is C16H24N2. The van der Waals surface area contributed by atoms with Gasteiger partial charge >= 0.3 is 0 Å². The molecule has 0 aliphatic heterocycles. The summed E-state index contributed by atoms with van der Waals surface area (Å²) in [5.74, 6) is 0.356. The van der Waals surface area contributed by atoms with Crippen LogP contribution in [0.4, 0.5) is 0 Å². The minimum Gasteiger partial charge on any atom is -0.312 e. The summed E-state index contributed by atoms with van der Waals surface area (Å²) in [4.78, 5) is 0. The van der Waals surface area contributed by atoms with Crippen LogP contribution in [-0.4, -0.2) is 7.05 Å². The third-order valence-corrected chi connectivity index (χ3v) is 3.41. The van der Waals surface area contributed by atoms with Crippen LogP contribution in [0.2, 0.25) is 0 Å². The van der Waals surface area contributed by atoms with E-state index in [1.807, 2.05) is 7.05 Å². The largest absolute Gasteiger partial charge is 0.312 e. The average Bonchev–Trinajstić information content (AvgIpc) is 2.37. The van der Waals surface area contributed by atoms with Crippen molar-refractivity contribution in [2.45, 2.75) is 39.7 Å². The molecule has 0 aromatic heterocycles. The van der Waals surface area contributed by atoms with Crippen molar-refractivity contribution in [2.24, 2.45) is 11.8 Å². The molecule has 0 aliphatic carbocycles. The van der Waals surface area contributed by atoms with Crippen molar-refractivity contribution in [1.82, 2.24) is 5.32 Å². The summed E-state index contributed by atoms with van der Waals surface area (Å²) in [6, 6.07) is 11.2. The van der Waals surface area contributed by atoms with E-state index in [0.29, 0.717) is 5.92 Å². The van der Waals surface area contributed by atoms with Crippen LogP contribution >= 0.6 is 0 Å². The lowest BCUT2D eigenvalue weighted by molar-refractivity contribution is 0.363. The zero-order valence-electron chi connectivity index (χ0n) is 11.9. The van der Waals surface area contributed by atoms with Crippen LogP contribution in [-0.2, 0) is 6.42 Å². The highest BCUT2D eigenvalue weighted by atomic mass is 14.9. The Kier molecular flexibility index (Phi) is 5.88. The maximum atomic E-state index is 9.31. The summed E-state index contributed by atoms with van der Waals surface area (Å²) in [7, 11) is 1.93. The van der Waals surface area contributed by atoms with E-state index in [1.165, 1.54) is 17.5 Å². The summed E-state index contributed by atoms with van der Waals surface area (Å²) < 4.78 is 0. The lowest BCUT2D eigenvalue weighted by Crippen LogP contribution is -2.27. The SMILES string of the molecule is CCCc1ccc(C(NC)C(C#N)C(C)C)cc1. The fourth-order valence-corrected chi connectivity index (χ4v) is 2.34. The molecule has 0 aliphatic rings. The molecule has 1 aromatic rings. The van der Waals surface area contributed by atoms with Gasteiger partial charge < -0.3 is 5.32 Å². The van der Waals surface area contributed by atoms with Crippen molar-refractivity contribution in [1.29, 1.82) is 5.26 Å². The molecule has 2 atom stereocenters. The molecule has 0 amide bonds. The van der Waals surface area contributed by atoms with Crippen molar-refractivity contribution in [3.8, 4) is 6.07 Å². The van der Waals surface area contributed by atoms with Gasteiger partial charge in [0.2, 0.25) is 0 Å². The van der Waals surface area contributed by atoms with Gasteiger partial charge in [0, 0.05) is 6.04 Å². The Balaban J connectivity index is 2.91. The molecule has 0 spiro atoms. The van der Waals surface area contributed by atoms with Crippen LogP contribution in [0.25, 0.3) is 0 Å². The second-order valence-corrected chi connectivity index (χ2v) is 5.16. The molecule has 1 N–H and O–H groups in total. The van der Waals surface area contributed by atoms with Gasteiger partial charge in [-0.25, -0.2) is 0 Å². The molecule has 0 fully saturated rings. The highest BCUT2D eigenvalue weighted by molar-refractivity contribution is 5.26. The molecule has 1 rings (SSSR count). The standard InChI is InChI=1S/C16H24N2/c1-5-6-13-7-9-14(10-8-13)16(18-4)15(11-17)12(2)3/h7-10,12,15-16,18H,5-6H2,1-4H3. The van der Waals surface area contributed by atoms with E-state index in [9.17, 15) is 5.26 Å². The van der Waals surface area contributed by atoms with Gasteiger partial charge in [-0.15, -0.1) is 0 Å². The fourth-order valence-electron chi connectivity index (χ4n) is 2.34. The third-order valence-electron chi connectivity index (χ3n) is 3.41. The van der Waals surface area contributed by atoms with E-state index in [-0.39, 0.29) is 12.0 Å². The van der Waals surface area contributed by atoms with Crippen LogP contribution in [0, 0.1) is 23.2 Å². The van der Waals surface area contributed by atoms with E-state index >= 15 is 0 Å². The number of rotatable bonds is 6. The van der Waals surface area contributed by atoms with Gasteiger partial charge in [0.15, 0.2) is 0 Å². The third kappa shape index (κ3) is 3.58. The number of aryl methyl sites for hydroxylation is 1. The lowest BCUT2D eigenvalue weighted by atomic mass is 9.85. The van der Waals surface area contributed by atoms with Gasteiger partial charge in [0.1, 0.15) is 0 Å². The second-order valence-electron chi connectivity index (χ2n) is 5.16. The molecular weight excluding hydrogens is 220 g/mol. The normalized spacial score (nSPS) is 14.2. The molecule has 0 bridgehead atoms. The smallest absolute Gasteiger partial charge is 0.0681 e. The number of nitrogens with zero attached hydrogens (tertiary/aromatic N) is 1. The highest BCUT2D eigenvalue weighted by Gasteiger charge is 2.24. The summed E-state index contributed by atoms with van der Waals surface area (Å²) in [6.45, 7) is 6.39. The molecule has 1 aromatic carbocycles. The quantitative estimate of drug-likeness (QED) is 0.828. The first-order chi connectivity index (χ1) is 8.63. The zero-order valence-corrected chi connectivity index (χ0v) is 11.9. The monoisotopic (exact) mass is 244 g/mol. The van der Waals surface area contributed by atoms with E-state index in [2.05, 4.69) is 56.4 Å². The zero-order chi connectivity index (χ0) is 13.5. The fraction of sp³-hybridized carbons (Fsp3) is 0.562. The van der Waals surface area contributed by atoms with Crippen LogP contribution in [0.1, 0.15) is 44.4 Å². The summed E-state index contributed by atoms with van der Waals surface area (Å²) in [5, 5.41) is 12.6. The lowest BCUT2D eigenvalue weighted by Gasteiger charge is -2.25. The van der Waals surface area contributed by atoms with Gasteiger partial charge in [-0.05, 0) is 30.5 Å². The number of hydrogen-bond acceptors (Lipinski definition) is 2. The van der Waals surface area contributed by atoms with E-state index in [1.54, 1.807) is 0 Å². The number of nitrogens with one attached hydrogen (secondary N) is 1. The number of benzene rings is 1. The number of nitriles is 1. The second kappa shape index (κ2) is 7.18. The average molecular weight is 244 g/mol. The van der Waals surface area contributed by atoms with Gasteiger partial charge in [-0.1, -0.05) is 51.5 Å². The van der Waals surface area contributed by atoms with Gasteiger partial charge in [-0.2, -0.15) is 5.26 Å². The van der Waals surface area contributed by atoms with E-state index in [0.717, 1.165) is 6.42 Å². The first-order valence-electron chi connectivity index (χ1n) is 6.79. The maximum Gasteiger partial charge on any atom is 0.0681 e. The van der Waals surface area contributed by atoms with Gasteiger partial charge in [0.25, 0.3) is 0 Å². The molecule has 0 saturated heterocycles. The Morgan fingerprint density at radius 1 is 1.22 bits per heavy atom. The van der Waals surface area contributed by atoms with Crippen molar-refractivity contribution >= 4 is 0 Å². The Hall–Kier alpha value is -1.33. The molecule has 2 unspecified atom stereocenters. The molecule has 98 valence electrons. The Labute approximate surface area is 111 Å².